The van der Waals surface area contributed by atoms with Crippen molar-refractivity contribution in [2.45, 2.75) is 44.8 Å². The lowest BCUT2D eigenvalue weighted by Crippen LogP contribution is -2.28. The minimum absolute atomic E-state index is 0.0849. The lowest BCUT2D eigenvalue weighted by Gasteiger charge is -2.21. The van der Waals surface area contributed by atoms with E-state index in [4.69, 9.17) is 0 Å². The first kappa shape index (κ1) is 16.4. The van der Waals surface area contributed by atoms with Crippen LogP contribution < -0.4 is 0 Å². The highest BCUT2D eigenvalue weighted by atomic mass is 32.1. The van der Waals surface area contributed by atoms with E-state index in [1.807, 2.05) is 12.3 Å². The molecule has 0 aliphatic carbocycles. The highest BCUT2D eigenvalue weighted by Gasteiger charge is 2.25. The van der Waals surface area contributed by atoms with Gasteiger partial charge in [-0.05, 0) is 32.7 Å². The van der Waals surface area contributed by atoms with E-state index >= 15 is 0 Å². The molecule has 1 fully saturated rings. The Morgan fingerprint density at radius 3 is 2.95 bits per heavy atom. The average molecular weight is 311 g/mol. The van der Waals surface area contributed by atoms with Crippen LogP contribution in [0.25, 0.3) is 0 Å². The number of nitrogens with zero attached hydrogens (tertiary/aromatic N) is 3. The van der Waals surface area contributed by atoms with Gasteiger partial charge in [0.15, 0.2) is 0 Å². The van der Waals surface area contributed by atoms with Gasteiger partial charge in [-0.3, -0.25) is 9.69 Å². The molecule has 0 bridgehead atoms. The highest BCUT2D eigenvalue weighted by molar-refractivity contribution is 7.09. The van der Waals surface area contributed by atoms with Gasteiger partial charge in [-0.1, -0.05) is 0 Å². The van der Waals surface area contributed by atoms with Gasteiger partial charge in [-0.15, -0.1) is 11.3 Å². The maximum Gasteiger partial charge on any atom is 0.228 e. The van der Waals surface area contributed by atoms with Gasteiger partial charge in [0.2, 0.25) is 5.91 Å². The zero-order chi connectivity index (χ0) is 15.5. The van der Waals surface area contributed by atoms with Gasteiger partial charge in [0.25, 0.3) is 0 Å². The quantitative estimate of drug-likeness (QED) is 0.916. The monoisotopic (exact) mass is 311 g/mol. The first-order valence-corrected chi connectivity index (χ1v) is 8.32. The molecule has 1 aromatic rings. The molecule has 1 amide bonds. The Kier molecular flexibility index (Phi) is 5.35. The number of carbonyl (C=O) groups is 1. The Morgan fingerprint density at radius 1 is 1.48 bits per heavy atom. The van der Waals surface area contributed by atoms with Gasteiger partial charge >= 0.3 is 0 Å². The molecule has 21 heavy (non-hydrogen) atoms. The lowest BCUT2D eigenvalue weighted by molar-refractivity contribution is -0.127. The molecular weight excluding hydrogens is 286 g/mol. The number of likely N-dealkylation sites (N-methyl/N-ethyl adjacent to an activating group) is 1. The zero-order valence-electron chi connectivity index (χ0n) is 13.1. The Morgan fingerprint density at radius 2 is 2.24 bits per heavy atom. The minimum Gasteiger partial charge on any atom is -0.390 e. The number of amides is 1. The molecular formula is C15H25N3O2S. The SMILES string of the molecule is CN(C)C(=O)Cc1nc(CN2CCCC(C)(O)CC2)cs1. The summed E-state index contributed by atoms with van der Waals surface area (Å²) in [5.74, 6) is 0.0849. The summed E-state index contributed by atoms with van der Waals surface area (Å²) in [6, 6.07) is 0. The summed E-state index contributed by atoms with van der Waals surface area (Å²) in [5.41, 5.74) is 0.503. The van der Waals surface area contributed by atoms with Crippen LogP contribution in [0.4, 0.5) is 0 Å². The van der Waals surface area contributed by atoms with E-state index in [-0.39, 0.29) is 5.91 Å². The molecule has 1 N–H and O–H groups in total. The van der Waals surface area contributed by atoms with Gasteiger partial charge in [0.05, 0.1) is 17.7 Å². The van der Waals surface area contributed by atoms with Crippen molar-refractivity contribution in [2.75, 3.05) is 27.2 Å². The maximum absolute atomic E-state index is 11.7. The number of thiazole rings is 1. The zero-order valence-corrected chi connectivity index (χ0v) is 13.9. The summed E-state index contributed by atoms with van der Waals surface area (Å²) < 4.78 is 0. The smallest absolute Gasteiger partial charge is 0.228 e. The third-order valence-electron chi connectivity index (χ3n) is 3.94. The van der Waals surface area contributed by atoms with Crippen molar-refractivity contribution < 1.29 is 9.90 Å². The summed E-state index contributed by atoms with van der Waals surface area (Å²) >= 11 is 1.55. The third kappa shape index (κ3) is 5.05. The molecule has 118 valence electrons. The van der Waals surface area contributed by atoms with Gasteiger partial charge in [0, 0.05) is 32.6 Å². The van der Waals surface area contributed by atoms with Crippen LogP contribution in [-0.4, -0.2) is 58.6 Å². The van der Waals surface area contributed by atoms with Crippen molar-refractivity contribution in [3.8, 4) is 0 Å². The number of hydrogen-bond acceptors (Lipinski definition) is 5. The molecule has 2 rings (SSSR count). The molecule has 0 saturated carbocycles. The molecule has 1 saturated heterocycles. The lowest BCUT2D eigenvalue weighted by atomic mass is 9.98. The first-order chi connectivity index (χ1) is 9.85. The average Bonchev–Trinajstić information content (AvgIpc) is 2.75. The largest absolute Gasteiger partial charge is 0.390 e. The molecule has 6 heteroatoms. The van der Waals surface area contributed by atoms with Crippen LogP contribution in [-0.2, 0) is 17.8 Å². The first-order valence-electron chi connectivity index (χ1n) is 7.44. The van der Waals surface area contributed by atoms with Crippen molar-refractivity contribution >= 4 is 17.2 Å². The fourth-order valence-corrected chi connectivity index (χ4v) is 3.27. The second-order valence-corrected chi connectivity index (χ2v) is 7.27. The summed E-state index contributed by atoms with van der Waals surface area (Å²) in [6.07, 6.45) is 3.07. The van der Waals surface area contributed by atoms with E-state index in [1.54, 1.807) is 30.3 Å². The topological polar surface area (TPSA) is 56.7 Å². The van der Waals surface area contributed by atoms with Crippen molar-refractivity contribution in [2.24, 2.45) is 0 Å². The molecule has 1 atom stereocenters. The Hall–Kier alpha value is -0.980. The summed E-state index contributed by atoms with van der Waals surface area (Å²) in [7, 11) is 3.53. The van der Waals surface area contributed by atoms with Gasteiger partial charge in [0.1, 0.15) is 5.01 Å². The van der Waals surface area contributed by atoms with Crippen molar-refractivity contribution in [3.63, 3.8) is 0 Å². The predicted molar refractivity (Wildman–Crippen MR) is 84.3 cm³/mol. The van der Waals surface area contributed by atoms with Gasteiger partial charge < -0.3 is 10.0 Å². The van der Waals surface area contributed by atoms with Crippen LogP contribution in [0.2, 0.25) is 0 Å². The minimum atomic E-state index is -0.528. The second kappa shape index (κ2) is 6.85. The predicted octanol–water partition coefficient (Wildman–Crippen LogP) is 1.51. The molecule has 2 heterocycles. The molecule has 1 unspecified atom stereocenters. The molecule has 1 aliphatic rings. The van der Waals surface area contributed by atoms with Gasteiger partial charge in [-0.25, -0.2) is 4.98 Å². The van der Waals surface area contributed by atoms with Gasteiger partial charge in [-0.2, -0.15) is 0 Å². The van der Waals surface area contributed by atoms with E-state index in [0.29, 0.717) is 6.42 Å². The van der Waals surface area contributed by atoms with E-state index < -0.39 is 5.60 Å². The van der Waals surface area contributed by atoms with E-state index in [0.717, 1.165) is 49.6 Å². The number of rotatable bonds is 4. The van der Waals surface area contributed by atoms with Crippen molar-refractivity contribution in [1.82, 2.24) is 14.8 Å². The van der Waals surface area contributed by atoms with Crippen molar-refractivity contribution in [1.29, 1.82) is 0 Å². The standard InChI is InChI=1S/C15H25N3O2S/c1-15(20)5-4-7-18(8-6-15)10-12-11-21-13(16-12)9-14(19)17(2)3/h11,20H,4-10H2,1-3H3. The van der Waals surface area contributed by atoms with Crippen LogP contribution in [0.1, 0.15) is 36.9 Å². The van der Waals surface area contributed by atoms with E-state index in [2.05, 4.69) is 9.88 Å². The number of hydrogen-bond donors (Lipinski definition) is 1. The molecule has 1 aliphatic heterocycles. The van der Waals surface area contributed by atoms with Crippen LogP contribution in [0.5, 0.6) is 0 Å². The molecule has 1 aromatic heterocycles. The molecule has 0 aromatic carbocycles. The third-order valence-corrected chi connectivity index (χ3v) is 4.84. The number of carbonyl (C=O) groups excluding carboxylic acids is 1. The number of aromatic nitrogens is 1. The van der Waals surface area contributed by atoms with Crippen LogP contribution in [0.15, 0.2) is 5.38 Å². The Labute approximate surface area is 130 Å². The normalized spacial score (nSPS) is 23.8. The van der Waals surface area contributed by atoms with Crippen molar-refractivity contribution in [3.05, 3.63) is 16.1 Å². The number of likely N-dealkylation sites (tertiary alicyclic amines) is 1. The summed E-state index contributed by atoms with van der Waals surface area (Å²) in [5, 5.41) is 13.0. The Bertz CT molecular complexity index is 485. The fourth-order valence-electron chi connectivity index (χ4n) is 2.50. The summed E-state index contributed by atoms with van der Waals surface area (Å²) in [4.78, 5) is 20.2. The molecule has 0 spiro atoms. The van der Waals surface area contributed by atoms with Crippen LogP contribution >= 0.6 is 11.3 Å². The maximum atomic E-state index is 11.7. The van der Waals surface area contributed by atoms with E-state index in [1.165, 1.54) is 0 Å². The summed E-state index contributed by atoms with van der Waals surface area (Å²) in [6.45, 7) is 4.63. The number of aliphatic hydroxyl groups is 1. The van der Waals surface area contributed by atoms with Crippen LogP contribution in [0, 0.1) is 0 Å². The van der Waals surface area contributed by atoms with Crippen LogP contribution in [0.3, 0.4) is 0 Å². The molecule has 5 nitrogen and oxygen atoms in total. The van der Waals surface area contributed by atoms with E-state index in [9.17, 15) is 9.90 Å². The second-order valence-electron chi connectivity index (χ2n) is 6.32. The highest BCUT2D eigenvalue weighted by Crippen LogP contribution is 2.22. The molecule has 0 radical (unpaired) electrons. The Balaban J connectivity index is 1.89. The fraction of sp³-hybridized carbons (Fsp3) is 0.733.